The summed E-state index contributed by atoms with van der Waals surface area (Å²) in [5, 5.41) is 3.17. The molecule has 0 aliphatic heterocycles. The van der Waals surface area contributed by atoms with Crippen molar-refractivity contribution in [3.8, 4) is 0 Å². The molecule has 0 heterocycles. The minimum absolute atomic E-state index is 0.0415. The minimum atomic E-state index is -0.0415. The SMILES string of the molecule is Cc1cccc(C(C)CN=C(N)NC(C)(C)C)c1. The van der Waals surface area contributed by atoms with E-state index in [1.807, 2.05) is 0 Å². The van der Waals surface area contributed by atoms with Crippen LogP contribution in [0.25, 0.3) is 0 Å². The Labute approximate surface area is 111 Å². The van der Waals surface area contributed by atoms with E-state index in [1.54, 1.807) is 0 Å². The van der Waals surface area contributed by atoms with Crippen LogP contribution >= 0.6 is 0 Å². The standard InChI is InChI=1S/C15H25N3/c1-11-7-6-8-13(9-11)12(2)10-17-14(16)18-15(3,4)5/h6-9,12H,10H2,1-5H3,(H3,16,17,18). The smallest absolute Gasteiger partial charge is 0.189 e. The van der Waals surface area contributed by atoms with Gasteiger partial charge in [0.15, 0.2) is 5.96 Å². The molecule has 0 bridgehead atoms. The number of hydrogen-bond donors (Lipinski definition) is 2. The fourth-order valence-corrected chi connectivity index (χ4v) is 1.74. The summed E-state index contributed by atoms with van der Waals surface area (Å²) in [7, 11) is 0. The number of aryl methyl sites for hydroxylation is 1. The zero-order chi connectivity index (χ0) is 13.8. The van der Waals surface area contributed by atoms with Gasteiger partial charge in [0.1, 0.15) is 0 Å². The van der Waals surface area contributed by atoms with Crippen LogP contribution in [0, 0.1) is 6.92 Å². The number of aliphatic imine (C=N–C) groups is 1. The highest BCUT2D eigenvalue weighted by molar-refractivity contribution is 5.78. The number of nitrogens with two attached hydrogens (primary N) is 1. The van der Waals surface area contributed by atoms with E-state index in [1.165, 1.54) is 11.1 Å². The first-order chi connectivity index (χ1) is 8.28. The second-order valence-corrected chi connectivity index (χ2v) is 5.92. The maximum absolute atomic E-state index is 5.85. The Morgan fingerprint density at radius 3 is 2.61 bits per heavy atom. The van der Waals surface area contributed by atoms with Crippen molar-refractivity contribution in [3.05, 3.63) is 35.4 Å². The summed E-state index contributed by atoms with van der Waals surface area (Å²) < 4.78 is 0. The lowest BCUT2D eigenvalue weighted by Gasteiger charge is -2.21. The summed E-state index contributed by atoms with van der Waals surface area (Å²) in [5.41, 5.74) is 8.40. The van der Waals surface area contributed by atoms with E-state index in [4.69, 9.17) is 5.73 Å². The molecule has 0 spiro atoms. The van der Waals surface area contributed by atoms with Crippen molar-refractivity contribution in [3.63, 3.8) is 0 Å². The van der Waals surface area contributed by atoms with Gasteiger partial charge in [0.2, 0.25) is 0 Å². The Balaban J connectivity index is 2.60. The van der Waals surface area contributed by atoms with Gasteiger partial charge in [-0.2, -0.15) is 0 Å². The fourth-order valence-electron chi connectivity index (χ4n) is 1.74. The lowest BCUT2D eigenvalue weighted by molar-refractivity contribution is 0.507. The van der Waals surface area contributed by atoms with E-state index in [0.29, 0.717) is 18.4 Å². The van der Waals surface area contributed by atoms with Gasteiger partial charge in [-0.1, -0.05) is 36.8 Å². The molecule has 0 aliphatic rings. The third-order valence-corrected chi connectivity index (χ3v) is 2.65. The average molecular weight is 247 g/mol. The molecule has 18 heavy (non-hydrogen) atoms. The van der Waals surface area contributed by atoms with E-state index in [9.17, 15) is 0 Å². The first-order valence-corrected chi connectivity index (χ1v) is 6.42. The van der Waals surface area contributed by atoms with E-state index in [0.717, 1.165) is 0 Å². The van der Waals surface area contributed by atoms with Crippen molar-refractivity contribution >= 4 is 5.96 Å². The van der Waals surface area contributed by atoms with Crippen molar-refractivity contribution in [2.75, 3.05) is 6.54 Å². The minimum Gasteiger partial charge on any atom is -0.370 e. The average Bonchev–Trinajstić information content (AvgIpc) is 2.23. The van der Waals surface area contributed by atoms with Crippen molar-refractivity contribution in [2.45, 2.75) is 46.1 Å². The molecule has 1 atom stereocenters. The van der Waals surface area contributed by atoms with Crippen LogP contribution in [0.15, 0.2) is 29.3 Å². The molecule has 0 aliphatic carbocycles. The summed E-state index contributed by atoms with van der Waals surface area (Å²) >= 11 is 0. The van der Waals surface area contributed by atoms with Crippen molar-refractivity contribution in [2.24, 2.45) is 10.7 Å². The number of benzene rings is 1. The number of rotatable bonds is 3. The van der Waals surface area contributed by atoms with Gasteiger partial charge in [-0.3, -0.25) is 4.99 Å². The fraction of sp³-hybridized carbons (Fsp3) is 0.533. The maximum Gasteiger partial charge on any atom is 0.189 e. The summed E-state index contributed by atoms with van der Waals surface area (Å²) in [6, 6.07) is 8.53. The molecule has 0 fully saturated rings. The molecule has 0 saturated heterocycles. The van der Waals surface area contributed by atoms with Crippen LogP contribution < -0.4 is 11.1 Å². The second kappa shape index (κ2) is 5.89. The molecule has 3 heteroatoms. The van der Waals surface area contributed by atoms with Crippen LogP contribution in [-0.4, -0.2) is 18.0 Å². The van der Waals surface area contributed by atoms with Gasteiger partial charge in [-0.15, -0.1) is 0 Å². The number of nitrogens with zero attached hydrogens (tertiary/aromatic N) is 1. The Kier molecular flexibility index (Phi) is 4.76. The summed E-state index contributed by atoms with van der Waals surface area (Å²) in [4.78, 5) is 4.40. The Bertz CT molecular complexity index is 416. The van der Waals surface area contributed by atoms with E-state index >= 15 is 0 Å². The quantitative estimate of drug-likeness (QED) is 0.637. The predicted molar refractivity (Wildman–Crippen MR) is 79.0 cm³/mol. The maximum atomic E-state index is 5.85. The molecule has 0 radical (unpaired) electrons. The summed E-state index contributed by atoms with van der Waals surface area (Å²) in [6.45, 7) is 11.2. The molecule has 0 amide bonds. The molecule has 3 N–H and O–H groups in total. The van der Waals surface area contributed by atoms with Gasteiger partial charge in [0, 0.05) is 18.0 Å². The first-order valence-electron chi connectivity index (χ1n) is 6.42. The molecule has 1 rings (SSSR count). The Morgan fingerprint density at radius 1 is 1.39 bits per heavy atom. The van der Waals surface area contributed by atoms with Crippen LogP contribution in [0.3, 0.4) is 0 Å². The number of guanidine groups is 1. The number of hydrogen-bond acceptors (Lipinski definition) is 1. The molecular weight excluding hydrogens is 222 g/mol. The van der Waals surface area contributed by atoms with Crippen LogP contribution in [0.2, 0.25) is 0 Å². The third kappa shape index (κ3) is 5.21. The van der Waals surface area contributed by atoms with Crippen LogP contribution in [0.4, 0.5) is 0 Å². The molecule has 0 saturated carbocycles. The Morgan fingerprint density at radius 2 is 2.06 bits per heavy atom. The van der Waals surface area contributed by atoms with Crippen LogP contribution in [0.1, 0.15) is 44.7 Å². The molecule has 100 valence electrons. The zero-order valence-corrected chi connectivity index (χ0v) is 12.1. The molecule has 1 aromatic carbocycles. The van der Waals surface area contributed by atoms with Gasteiger partial charge in [0.05, 0.1) is 0 Å². The summed E-state index contributed by atoms with van der Waals surface area (Å²) in [6.07, 6.45) is 0. The van der Waals surface area contributed by atoms with Crippen LogP contribution in [0.5, 0.6) is 0 Å². The van der Waals surface area contributed by atoms with Gasteiger partial charge < -0.3 is 11.1 Å². The molecule has 1 aromatic rings. The van der Waals surface area contributed by atoms with E-state index in [2.05, 4.69) is 69.2 Å². The number of nitrogens with one attached hydrogen (secondary N) is 1. The zero-order valence-electron chi connectivity index (χ0n) is 12.1. The summed E-state index contributed by atoms with van der Waals surface area (Å²) in [5.74, 6) is 0.896. The van der Waals surface area contributed by atoms with E-state index < -0.39 is 0 Å². The highest BCUT2D eigenvalue weighted by atomic mass is 15.1. The van der Waals surface area contributed by atoms with E-state index in [-0.39, 0.29) is 5.54 Å². The van der Waals surface area contributed by atoms with Gasteiger partial charge in [-0.05, 0) is 33.3 Å². The highest BCUT2D eigenvalue weighted by Gasteiger charge is 2.10. The van der Waals surface area contributed by atoms with Crippen LogP contribution in [-0.2, 0) is 0 Å². The van der Waals surface area contributed by atoms with Gasteiger partial charge >= 0.3 is 0 Å². The highest BCUT2D eigenvalue weighted by Crippen LogP contribution is 2.16. The van der Waals surface area contributed by atoms with Gasteiger partial charge in [-0.25, -0.2) is 0 Å². The van der Waals surface area contributed by atoms with Gasteiger partial charge in [0.25, 0.3) is 0 Å². The largest absolute Gasteiger partial charge is 0.370 e. The molecule has 3 nitrogen and oxygen atoms in total. The lowest BCUT2D eigenvalue weighted by Crippen LogP contribution is -2.45. The van der Waals surface area contributed by atoms with Crippen molar-refractivity contribution < 1.29 is 0 Å². The van der Waals surface area contributed by atoms with Crippen molar-refractivity contribution in [1.82, 2.24) is 5.32 Å². The predicted octanol–water partition coefficient (Wildman–Crippen LogP) is 2.80. The molecule has 0 aromatic heterocycles. The first kappa shape index (κ1) is 14.6. The topological polar surface area (TPSA) is 50.4 Å². The normalized spacial score (nSPS) is 14.4. The lowest BCUT2D eigenvalue weighted by atomic mass is 10.00. The Hall–Kier alpha value is -1.51. The molecular formula is C15H25N3. The third-order valence-electron chi connectivity index (χ3n) is 2.65. The molecule has 1 unspecified atom stereocenters. The second-order valence-electron chi connectivity index (χ2n) is 5.92. The van der Waals surface area contributed by atoms with Crippen molar-refractivity contribution in [1.29, 1.82) is 0 Å². The monoisotopic (exact) mass is 247 g/mol.